The summed E-state index contributed by atoms with van der Waals surface area (Å²) in [5, 5.41) is 8.45. The average molecular weight is 126 g/mol. The summed E-state index contributed by atoms with van der Waals surface area (Å²) < 4.78 is 0. The Hall–Kier alpha value is 0.210. The smallest absolute Gasteiger partial charge is 0.0540 e. The third-order valence-electron chi connectivity index (χ3n) is 1.07. The van der Waals surface area contributed by atoms with E-state index in [4.69, 9.17) is 5.11 Å². The van der Waals surface area contributed by atoms with E-state index in [1.807, 2.05) is 0 Å². The second-order valence-electron chi connectivity index (χ2n) is 1.58. The minimum Gasteiger partial charge on any atom is -0.393 e. The quantitative estimate of drug-likeness (QED) is 0.510. The molecule has 0 aromatic carbocycles. The normalized spacial score (nSPS) is 18.4. The van der Waals surface area contributed by atoms with Crippen LogP contribution in [0.3, 0.4) is 0 Å². The van der Waals surface area contributed by atoms with E-state index in [0.717, 1.165) is 12.8 Å². The van der Waals surface area contributed by atoms with Crippen molar-refractivity contribution in [1.29, 1.82) is 0 Å². The van der Waals surface area contributed by atoms with Gasteiger partial charge in [0.2, 0.25) is 0 Å². The maximum absolute atomic E-state index is 8.45. The molecule has 1 fully saturated rings. The molecule has 0 aliphatic heterocycles. The molecule has 1 aliphatic rings. The third-order valence-corrected chi connectivity index (χ3v) is 1.07. The highest BCUT2D eigenvalue weighted by Crippen LogP contribution is 2.16. The van der Waals surface area contributed by atoms with Gasteiger partial charge in [-0.25, -0.2) is 0 Å². The molecule has 0 radical (unpaired) electrons. The molecule has 0 saturated heterocycles. The lowest BCUT2D eigenvalue weighted by Gasteiger charge is -2.17. The Morgan fingerprint density at radius 2 is 1.57 bits per heavy atom. The van der Waals surface area contributed by atoms with Gasteiger partial charge < -0.3 is 11.3 Å². The van der Waals surface area contributed by atoms with E-state index in [0.29, 0.717) is 0 Å². The first-order chi connectivity index (χ1) is 2.39. The third kappa shape index (κ3) is 2.85. The van der Waals surface area contributed by atoms with Crippen molar-refractivity contribution in [2.24, 2.45) is 0 Å². The molecule has 0 heterocycles. The molecule has 0 aromatic heterocycles. The molecule has 1 saturated carbocycles. The minimum atomic E-state index is 0. The summed E-state index contributed by atoms with van der Waals surface area (Å²) in [7, 11) is 0. The van der Waals surface area contributed by atoms with Gasteiger partial charge in [-0.1, -0.05) is 0 Å². The zero-order chi connectivity index (χ0) is 3.70. The lowest BCUT2D eigenvalue weighted by Crippen LogP contribution is -2.15. The van der Waals surface area contributed by atoms with Crippen LogP contribution in [0.5, 0.6) is 0 Å². The first-order valence-corrected chi connectivity index (χ1v) is 2.07. The molecule has 2 nitrogen and oxygen atoms in total. The Morgan fingerprint density at radius 1 is 1.29 bits per heavy atom. The predicted molar refractivity (Wildman–Crippen MR) is 32.1 cm³/mol. The lowest BCUT2D eigenvalue weighted by atomic mass is 9.97. The second-order valence-corrected chi connectivity index (χ2v) is 1.58. The van der Waals surface area contributed by atoms with Crippen LogP contribution < -0.4 is 6.15 Å². The van der Waals surface area contributed by atoms with Gasteiger partial charge in [0.1, 0.15) is 0 Å². The van der Waals surface area contributed by atoms with Crippen LogP contribution in [0.2, 0.25) is 0 Å². The summed E-state index contributed by atoms with van der Waals surface area (Å²) in [6.45, 7) is 0. The van der Waals surface area contributed by atoms with E-state index in [1.54, 1.807) is 0 Å². The van der Waals surface area contributed by atoms with Crippen LogP contribution in [-0.2, 0) is 0 Å². The fourth-order valence-corrected chi connectivity index (χ4v) is 0.387. The molecule has 0 aromatic rings. The number of aliphatic hydroxyl groups is 1. The summed E-state index contributed by atoms with van der Waals surface area (Å²) in [5.41, 5.74) is 0. The van der Waals surface area contributed by atoms with Crippen molar-refractivity contribution in [3.05, 3.63) is 0 Å². The van der Waals surface area contributed by atoms with E-state index in [-0.39, 0.29) is 24.7 Å². The van der Waals surface area contributed by atoms with E-state index in [9.17, 15) is 0 Å². The van der Waals surface area contributed by atoms with Crippen molar-refractivity contribution in [2.45, 2.75) is 25.4 Å². The maximum Gasteiger partial charge on any atom is 0.0540 e. The van der Waals surface area contributed by atoms with Gasteiger partial charge in [0.15, 0.2) is 0 Å². The highest BCUT2D eigenvalue weighted by atomic mass is 35.5. The summed E-state index contributed by atoms with van der Waals surface area (Å²) in [4.78, 5) is 0. The topological polar surface area (TPSA) is 55.2 Å². The molecule has 1 aliphatic carbocycles. The second kappa shape index (κ2) is 4.37. The first kappa shape index (κ1) is 10.2. The molecule has 3 heteroatoms. The fourth-order valence-electron chi connectivity index (χ4n) is 0.387. The molecule has 1 rings (SSSR count). The molecule has 46 valence electrons. The maximum atomic E-state index is 8.45. The molecule has 0 bridgehead atoms. The standard InChI is InChI=1S/C4H8O.ClH.H3N/c5-4-2-1-3-4;;/h4-5H,1-3H2;1H;1H3. The zero-order valence-corrected chi connectivity index (χ0v) is 5.08. The summed E-state index contributed by atoms with van der Waals surface area (Å²) >= 11 is 0. The van der Waals surface area contributed by atoms with Gasteiger partial charge in [0.25, 0.3) is 0 Å². The molecular weight excluding hydrogens is 114 g/mol. The Labute approximate surface area is 49.9 Å². The average Bonchev–Trinajstić information content (AvgIpc) is 1.30. The monoisotopic (exact) mass is 125 g/mol. The Bertz CT molecular complexity index is 38.7. The van der Waals surface area contributed by atoms with Crippen molar-refractivity contribution in [2.75, 3.05) is 0 Å². The zero-order valence-electron chi connectivity index (χ0n) is 4.26. The van der Waals surface area contributed by atoms with Crippen LogP contribution in [0.15, 0.2) is 0 Å². The summed E-state index contributed by atoms with van der Waals surface area (Å²) in [5.74, 6) is 0. The largest absolute Gasteiger partial charge is 0.393 e. The first-order valence-electron chi connectivity index (χ1n) is 2.07. The van der Waals surface area contributed by atoms with Gasteiger partial charge in [-0.15, -0.1) is 12.4 Å². The summed E-state index contributed by atoms with van der Waals surface area (Å²) in [6, 6.07) is 0. The van der Waals surface area contributed by atoms with Gasteiger partial charge in [0.05, 0.1) is 6.10 Å². The van der Waals surface area contributed by atoms with Crippen LogP contribution in [0.4, 0.5) is 0 Å². The number of aliphatic hydroxyl groups excluding tert-OH is 1. The van der Waals surface area contributed by atoms with Crippen molar-refractivity contribution in [1.82, 2.24) is 6.15 Å². The van der Waals surface area contributed by atoms with E-state index in [2.05, 4.69) is 0 Å². The molecular formula is C4H12ClNO. The van der Waals surface area contributed by atoms with E-state index in [1.165, 1.54) is 6.42 Å². The summed E-state index contributed by atoms with van der Waals surface area (Å²) in [6.07, 6.45) is 3.39. The molecule has 7 heavy (non-hydrogen) atoms. The molecule has 0 spiro atoms. The van der Waals surface area contributed by atoms with Crippen LogP contribution in [-0.4, -0.2) is 11.2 Å². The Kier molecular flexibility index (Phi) is 6.40. The molecule has 0 atom stereocenters. The number of halogens is 1. The number of hydrogen-bond acceptors (Lipinski definition) is 2. The van der Waals surface area contributed by atoms with E-state index >= 15 is 0 Å². The van der Waals surface area contributed by atoms with Gasteiger partial charge in [0, 0.05) is 0 Å². The van der Waals surface area contributed by atoms with Crippen LogP contribution in [0.1, 0.15) is 19.3 Å². The Balaban J connectivity index is 0. The van der Waals surface area contributed by atoms with Crippen molar-refractivity contribution < 1.29 is 5.11 Å². The van der Waals surface area contributed by atoms with Crippen molar-refractivity contribution in [3.8, 4) is 0 Å². The van der Waals surface area contributed by atoms with Crippen molar-refractivity contribution >= 4 is 12.4 Å². The lowest BCUT2D eigenvalue weighted by molar-refractivity contribution is 0.0950. The van der Waals surface area contributed by atoms with Gasteiger partial charge in [-0.3, -0.25) is 0 Å². The fraction of sp³-hybridized carbons (Fsp3) is 1.00. The van der Waals surface area contributed by atoms with E-state index < -0.39 is 0 Å². The van der Waals surface area contributed by atoms with Gasteiger partial charge >= 0.3 is 0 Å². The molecule has 4 N–H and O–H groups in total. The molecule has 0 unspecified atom stereocenters. The minimum absolute atomic E-state index is 0. The molecule has 0 amide bonds. The predicted octanol–water partition coefficient (Wildman–Crippen LogP) is 1.11. The SMILES string of the molecule is Cl.N.OC1CCC1. The van der Waals surface area contributed by atoms with Crippen LogP contribution >= 0.6 is 12.4 Å². The van der Waals surface area contributed by atoms with Crippen molar-refractivity contribution in [3.63, 3.8) is 0 Å². The number of rotatable bonds is 0. The Morgan fingerprint density at radius 3 is 1.57 bits per heavy atom. The van der Waals surface area contributed by atoms with Gasteiger partial charge in [-0.2, -0.15) is 0 Å². The highest BCUT2D eigenvalue weighted by molar-refractivity contribution is 5.85. The number of hydrogen-bond donors (Lipinski definition) is 2. The van der Waals surface area contributed by atoms with Gasteiger partial charge in [-0.05, 0) is 19.3 Å². The highest BCUT2D eigenvalue weighted by Gasteiger charge is 2.11. The van der Waals surface area contributed by atoms with Crippen LogP contribution in [0, 0.1) is 0 Å². The van der Waals surface area contributed by atoms with Crippen LogP contribution in [0.25, 0.3) is 0 Å².